The molecule has 1 spiro atoms. The molecule has 50 heavy (non-hydrogen) atoms. The van der Waals surface area contributed by atoms with Crippen molar-refractivity contribution in [1.82, 2.24) is 0 Å². The van der Waals surface area contributed by atoms with Crippen molar-refractivity contribution in [3.05, 3.63) is 197 Å². The summed E-state index contributed by atoms with van der Waals surface area (Å²) in [6.45, 7) is 4.44. The quantitative estimate of drug-likeness (QED) is 0.184. The number of fused-ring (bicyclic) bond motifs is 13. The zero-order valence-corrected chi connectivity index (χ0v) is 28.0. The minimum atomic E-state index is -0.517. The maximum Gasteiger partial charge on any atom is 0.123 e. The van der Waals surface area contributed by atoms with Gasteiger partial charge in [0.2, 0.25) is 0 Å². The maximum atomic E-state index is 14.5. The molecule has 0 unspecified atom stereocenters. The van der Waals surface area contributed by atoms with Crippen LogP contribution in [0.5, 0.6) is 0 Å². The Hall–Kier alpha value is -5.99. The molecule has 0 bridgehead atoms. The minimum absolute atomic E-state index is 0.247. The van der Waals surface area contributed by atoms with E-state index in [1.165, 1.54) is 66.2 Å². The molecule has 2 aliphatic carbocycles. The van der Waals surface area contributed by atoms with E-state index >= 15 is 0 Å². The summed E-state index contributed by atoms with van der Waals surface area (Å²) in [4.78, 5) is 2.31. The first-order valence-corrected chi connectivity index (χ1v) is 17.5. The molecule has 8 aromatic rings. The van der Waals surface area contributed by atoms with Crippen LogP contribution in [0.25, 0.3) is 43.8 Å². The smallest absolute Gasteiger partial charge is 0.123 e. The van der Waals surface area contributed by atoms with Crippen LogP contribution in [0.2, 0.25) is 0 Å². The van der Waals surface area contributed by atoms with Gasteiger partial charge in [-0.05, 0) is 127 Å². The lowest BCUT2D eigenvalue weighted by Crippen LogP contribution is -2.26. The van der Waals surface area contributed by atoms with E-state index in [2.05, 4.69) is 158 Å². The first-order valence-electron chi connectivity index (χ1n) is 17.5. The third-order valence-electron chi connectivity index (χ3n) is 11.1. The van der Waals surface area contributed by atoms with Crippen molar-refractivity contribution in [3.8, 4) is 22.3 Å². The Bertz CT molecular complexity index is 2590. The fourth-order valence-electron chi connectivity index (χ4n) is 8.87. The van der Waals surface area contributed by atoms with E-state index in [9.17, 15) is 4.39 Å². The fraction of sp³-hybridized carbons (Fsp3) is 0.0833. The highest BCUT2D eigenvalue weighted by Crippen LogP contribution is 2.65. The molecule has 0 atom stereocenters. The largest absolute Gasteiger partial charge is 0.310 e. The SMILES string of the molecule is CC(C)c1ccc(N(c2ccc(F)cc2)c2cc3c(c4ccccc24)-c2cc4ccccc4cc2C32c3ccccc3-c3ccccc32)cc1. The van der Waals surface area contributed by atoms with Crippen LogP contribution in [-0.4, -0.2) is 0 Å². The van der Waals surface area contributed by atoms with Crippen molar-refractivity contribution in [1.29, 1.82) is 0 Å². The summed E-state index contributed by atoms with van der Waals surface area (Å²) < 4.78 is 14.5. The van der Waals surface area contributed by atoms with Crippen LogP contribution < -0.4 is 4.90 Å². The zero-order valence-electron chi connectivity index (χ0n) is 28.0. The summed E-state index contributed by atoms with van der Waals surface area (Å²) in [5.41, 5.74) is 14.1. The second-order valence-corrected chi connectivity index (χ2v) is 14.0. The highest BCUT2D eigenvalue weighted by atomic mass is 19.1. The summed E-state index contributed by atoms with van der Waals surface area (Å²) in [6, 6.07) is 58.6. The number of halogens is 1. The number of hydrogen-bond acceptors (Lipinski definition) is 1. The Kier molecular flexibility index (Phi) is 6.23. The molecule has 8 aromatic carbocycles. The van der Waals surface area contributed by atoms with Gasteiger partial charge in [0.15, 0.2) is 0 Å². The van der Waals surface area contributed by atoms with E-state index < -0.39 is 5.41 Å². The van der Waals surface area contributed by atoms with Gasteiger partial charge in [0, 0.05) is 16.8 Å². The Labute approximate surface area is 291 Å². The average Bonchev–Trinajstić information content (AvgIpc) is 3.62. The van der Waals surface area contributed by atoms with Gasteiger partial charge >= 0.3 is 0 Å². The van der Waals surface area contributed by atoms with E-state index in [0.717, 1.165) is 22.4 Å². The second-order valence-electron chi connectivity index (χ2n) is 14.0. The van der Waals surface area contributed by atoms with Crippen molar-refractivity contribution in [2.75, 3.05) is 4.90 Å². The van der Waals surface area contributed by atoms with Crippen molar-refractivity contribution < 1.29 is 4.39 Å². The Morgan fingerprint density at radius 3 is 1.66 bits per heavy atom. The van der Waals surface area contributed by atoms with Gasteiger partial charge in [-0.3, -0.25) is 0 Å². The summed E-state index contributed by atoms with van der Waals surface area (Å²) >= 11 is 0. The van der Waals surface area contributed by atoms with Crippen molar-refractivity contribution in [2.45, 2.75) is 25.2 Å². The summed E-state index contributed by atoms with van der Waals surface area (Å²) in [7, 11) is 0. The summed E-state index contributed by atoms with van der Waals surface area (Å²) in [5.74, 6) is 0.170. The Morgan fingerprint density at radius 2 is 1.02 bits per heavy atom. The summed E-state index contributed by atoms with van der Waals surface area (Å²) in [6.07, 6.45) is 0. The van der Waals surface area contributed by atoms with Gasteiger partial charge in [0.25, 0.3) is 0 Å². The molecule has 0 N–H and O–H groups in total. The third-order valence-corrected chi connectivity index (χ3v) is 11.1. The van der Waals surface area contributed by atoms with Gasteiger partial charge in [0.1, 0.15) is 5.82 Å². The zero-order chi connectivity index (χ0) is 33.6. The van der Waals surface area contributed by atoms with Crippen molar-refractivity contribution in [2.24, 2.45) is 0 Å². The van der Waals surface area contributed by atoms with Gasteiger partial charge in [-0.2, -0.15) is 0 Å². The van der Waals surface area contributed by atoms with Gasteiger partial charge in [-0.1, -0.05) is 123 Å². The van der Waals surface area contributed by atoms with E-state index in [1.54, 1.807) is 12.1 Å². The minimum Gasteiger partial charge on any atom is -0.310 e. The van der Waals surface area contributed by atoms with E-state index in [1.807, 2.05) is 12.1 Å². The van der Waals surface area contributed by atoms with Gasteiger partial charge in [-0.25, -0.2) is 4.39 Å². The predicted molar refractivity (Wildman–Crippen MR) is 206 cm³/mol. The number of benzene rings is 8. The number of rotatable bonds is 4. The van der Waals surface area contributed by atoms with Crippen LogP contribution in [0.4, 0.5) is 21.5 Å². The molecular weight excluding hydrogens is 610 g/mol. The van der Waals surface area contributed by atoms with Gasteiger partial charge in [-0.15, -0.1) is 0 Å². The molecule has 2 aliphatic rings. The standard InChI is InChI=1S/C48H34FN/c1-30(2)31-19-23-35(24-20-31)50(36-25-21-34(49)22-26-36)46-29-45-47(40-16-6-5-15-39(40)46)41-27-32-11-3-4-12-33(32)28-44(41)48(45)42-17-9-7-13-37(42)38-14-8-10-18-43(38)48/h3-30H,1-2H3. The highest BCUT2D eigenvalue weighted by Gasteiger charge is 2.52. The molecule has 0 heterocycles. The first-order chi connectivity index (χ1) is 24.5. The number of hydrogen-bond donors (Lipinski definition) is 0. The van der Waals surface area contributed by atoms with Crippen molar-refractivity contribution >= 4 is 38.6 Å². The molecule has 238 valence electrons. The molecule has 0 radical (unpaired) electrons. The topological polar surface area (TPSA) is 3.24 Å². The average molecular weight is 644 g/mol. The lowest BCUT2D eigenvalue weighted by atomic mass is 9.70. The number of anilines is 3. The molecular formula is C48H34FN. The molecule has 10 rings (SSSR count). The van der Waals surface area contributed by atoms with E-state index in [4.69, 9.17) is 0 Å². The second kappa shape index (κ2) is 10.8. The van der Waals surface area contributed by atoms with E-state index in [0.29, 0.717) is 5.92 Å². The Balaban J connectivity index is 1.37. The molecule has 0 saturated heterocycles. The lowest BCUT2D eigenvalue weighted by Gasteiger charge is -2.33. The van der Waals surface area contributed by atoms with Crippen LogP contribution in [-0.2, 0) is 5.41 Å². The molecule has 0 aliphatic heterocycles. The van der Waals surface area contributed by atoms with Crippen LogP contribution in [0, 0.1) is 5.82 Å². The molecule has 2 heteroatoms. The van der Waals surface area contributed by atoms with Crippen LogP contribution in [0.1, 0.15) is 47.6 Å². The van der Waals surface area contributed by atoms with Crippen LogP contribution in [0.15, 0.2) is 164 Å². The molecule has 0 saturated carbocycles. The number of nitrogens with zero attached hydrogens (tertiary/aromatic N) is 1. The highest BCUT2D eigenvalue weighted by molar-refractivity contribution is 6.13. The lowest BCUT2D eigenvalue weighted by molar-refractivity contribution is 0.628. The van der Waals surface area contributed by atoms with Crippen LogP contribution in [0.3, 0.4) is 0 Å². The molecule has 0 fully saturated rings. The summed E-state index contributed by atoms with van der Waals surface area (Å²) in [5, 5.41) is 4.84. The first kappa shape index (κ1) is 29.0. The molecule has 0 aromatic heterocycles. The maximum absolute atomic E-state index is 14.5. The third kappa shape index (κ3) is 3.93. The fourth-order valence-corrected chi connectivity index (χ4v) is 8.87. The molecule has 0 amide bonds. The molecule has 1 nitrogen and oxygen atoms in total. The predicted octanol–water partition coefficient (Wildman–Crippen LogP) is 13.1. The van der Waals surface area contributed by atoms with Gasteiger partial charge in [0.05, 0.1) is 11.1 Å². The van der Waals surface area contributed by atoms with E-state index in [-0.39, 0.29) is 5.82 Å². The normalized spacial score (nSPS) is 13.4. The van der Waals surface area contributed by atoms with Gasteiger partial charge < -0.3 is 4.90 Å². The monoisotopic (exact) mass is 643 g/mol. The van der Waals surface area contributed by atoms with Crippen molar-refractivity contribution in [3.63, 3.8) is 0 Å². The Morgan fingerprint density at radius 1 is 0.480 bits per heavy atom. The van der Waals surface area contributed by atoms with Crippen LogP contribution >= 0.6 is 0 Å².